The lowest BCUT2D eigenvalue weighted by molar-refractivity contribution is -0.119. The summed E-state index contributed by atoms with van der Waals surface area (Å²) in [6, 6.07) is 9.86. The maximum absolute atomic E-state index is 12.6. The van der Waals surface area contributed by atoms with Gasteiger partial charge in [-0.3, -0.25) is 9.59 Å². The average Bonchev–Trinajstić information content (AvgIpc) is 2.78. The summed E-state index contributed by atoms with van der Waals surface area (Å²) in [4.78, 5) is 24.8. The second-order valence-corrected chi connectivity index (χ2v) is 8.99. The van der Waals surface area contributed by atoms with Crippen LogP contribution in [-0.2, 0) is 14.8 Å². The summed E-state index contributed by atoms with van der Waals surface area (Å²) in [7, 11) is -3.72. The number of rotatable bonds is 3. The Morgan fingerprint density at radius 2 is 1.89 bits per heavy atom. The number of hydrogen-bond acceptors (Lipinski definition) is 4. The Morgan fingerprint density at radius 1 is 1.19 bits per heavy atom. The molecule has 1 aliphatic heterocycles. The Hall–Kier alpha value is -2.38. The molecule has 0 bridgehead atoms. The third kappa shape index (κ3) is 3.70. The minimum atomic E-state index is -3.72. The van der Waals surface area contributed by atoms with Gasteiger partial charge >= 0.3 is 0 Å². The van der Waals surface area contributed by atoms with E-state index in [4.69, 9.17) is 11.6 Å². The van der Waals surface area contributed by atoms with Gasteiger partial charge in [-0.25, -0.2) is 12.7 Å². The van der Waals surface area contributed by atoms with E-state index in [1.165, 1.54) is 18.2 Å². The zero-order valence-corrected chi connectivity index (χ0v) is 16.7. The number of aryl methyl sites for hydroxylation is 2. The van der Waals surface area contributed by atoms with Gasteiger partial charge in [-0.2, -0.15) is 0 Å². The Balaban J connectivity index is 1.90. The summed E-state index contributed by atoms with van der Waals surface area (Å²) in [5.74, 6) is -1.76. The molecule has 1 N–H and O–H groups in total. The molecule has 1 unspecified atom stereocenters. The second kappa shape index (κ2) is 6.98. The van der Waals surface area contributed by atoms with Gasteiger partial charge in [0.15, 0.2) is 0 Å². The summed E-state index contributed by atoms with van der Waals surface area (Å²) < 4.78 is 25.2. The van der Waals surface area contributed by atoms with Gasteiger partial charge in [-0.05, 0) is 49.2 Å². The van der Waals surface area contributed by atoms with E-state index < -0.39 is 27.8 Å². The maximum atomic E-state index is 12.6. The number of halogens is 1. The number of nitrogens with one attached hydrogen (secondary N) is 1. The van der Waals surface area contributed by atoms with Crippen molar-refractivity contribution in [2.45, 2.75) is 20.8 Å². The fourth-order valence-electron chi connectivity index (χ4n) is 2.96. The van der Waals surface area contributed by atoms with Crippen molar-refractivity contribution in [3.63, 3.8) is 0 Å². The molecule has 2 aromatic carbocycles. The topological polar surface area (TPSA) is 83.6 Å². The van der Waals surface area contributed by atoms with E-state index in [0.717, 1.165) is 15.4 Å². The van der Waals surface area contributed by atoms with Crippen molar-refractivity contribution >= 4 is 44.8 Å². The molecule has 1 atom stereocenters. The van der Waals surface area contributed by atoms with Crippen LogP contribution in [0.25, 0.3) is 0 Å². The molecular weight excluding hydrogens is 388 g/mol. The summed E-state index contributed by atoms with van der Waals surface area (Å²) >= 11 is 6.22. The van der Waals surface area contributed by atoms with Gasteiger partial charge in [-0.1, -0.05) is 30.7 Å². The zero-order chi connectivity index (χ0) is 19.9. The number of amides is 2. The molecular formula is C19H19ClN2O4S. The Labute approximate surface area is 163 Å². The first-order chi connectivity index (χ1) is 12.6. The van der Waals surface area contributed by atoms with Gasteiger partial charge in [0.1, 0.15) is 0 Å². The predicted molar refractivity (Wildman–Crippen MR) is 106 cm³/mol. The Kier molecular flexibility index (Phi) is 5.01. The van der Waals surface area contributed by atoms with E-state index >= 15 is 0 Å². The van der Waals surface area contributed by atoms with Crippen LogP contribution < -0.4 is 9.62 Å². The van der Waals surface area contributed by atoms with Gasteiger partial charge < -0.3 is 5.32 Å². The highest BCUT2D eigenvalue weighted by Crippen LogP contribution is 2.31. The molecule has 0 saturated carbocycles. The number of anilines is 2. The second-order valence-electron chi connectivity index (χ2n) is 6.72. The van der Waals surface area contributed by atoms with Crippen LogP contribution in [0.3, 0.4) is 0 Å². The first kappa shape index (κ1) is 19.4. The molecule has 0 aromatic heterocycles. The van der Waals surface area contributed by atoms with E-state index in [2.05, 4.69) is 5.32 Å². The van der Waals surface area contributed by atoms with E-state index in [1.807, 2.05) is 32.0 Å². The minimum absolute atomic E-state index is 0.0675. The fraction of sp³-hybridized carbons (Fsp3) is 0.263. The Bertz CT molecular complexity index is 1050. The van der Waals surface area contributed by atoms with Crippen LogP contribution in [0.1, 0.15) is 28.4 Å². The molecule has 1 heterocycles. The van der Waals surface area contributed by atoms with Crippen LogP contribution in [0.5, 0.6) is 0 Å². The highest BCUT2D eigenvalue weighted by Gasteiger charge is 2.42. The average molecular weight is 407 g/mol. The molecule has 0 spiro atoms. The lowest BCUT2D eigenvalue weighted by Gasteiger charge is -2.17. The molecule has 6 nitrogen and oxygen atoms in total. The monoisotopic (exact) mass is 406 g/mol. The van der Waals surface area contributed by atoms with Crippen LogP contribution in [0.15, 0.2) is 36.4 Å². The fourth-order valence-corrected chi connectivity index (χ4v) is 5.03. The molecule has 0 aliphatic carbocycles. The van der Waals surface area contributed by atoms with E-state index in [0.29, 0.717) is 5.69 Å². The van der Waals surface area contributed by atoms with Crippen molar-refractivity contribution in [3.05, 3.63) is 58.1 Å². The first-order valence-electron chi connectivity index (χ1n) is 8.35. The highest BCUT2D eigenvalue weighted by molar-refractivity contribution is 7.94. The smallest absolute Gasteiger partial charge is 0.257 e. The molecule has 3 rings (SSSR count). The van der Waals surface area contributed by atoms with Crippen LogP contribution in [0, 0.1) is 19.8 Å². The van der Waals surface area contributed by atoms with Crippen molar-refractivity contribution < 1.29 is 18.0 Å². The number of hydrogen-bond donors (Lipinski definition) is 1. The zero-order valence-electron chi connectivity index (χ0n) is 15.1. The number of carbonyl (C=O) groups excluding carboxylic acids is 2. The number of sulfonamides is 1. The van der Waals surface area contributed by atoms with Gasteiger partial charge in [0.25, 0.3) is 5.91 Å². The summed E-state index contributed by atoms with van der Waals surface area (Å²) in [5, 5.41) is 2.87. The maximum Gasteiger partial charge on any atom is 0.257 e. The molecule has 1 saturated heterocycles. The third-order valence-electron chi connectivity index (χ3n) is 4.43. The van der Waals surface area contributed by atoms with Gasteiger partial charge in [-0.15, -0.1) is 0 Å². The molecule has 142 valence electrons. The van der Waals surface area contributed by atoms with E-state index in [9.17, 15) is 18.0 Å². The van der Waals surface area contributed by atoms with Crippen LogP contribution in [-0.4, -0.2) is 26.0 Å². The molecule has 1 aliphatic rings. The predicted octanol–water partition coefficient (Wildman–Crippen LogP) is 3.52. The van der Waals surface area contributed by atoms with Crippen molar-refractivity contribution in [3.8, 4) is 0 Å². The number of benzene rings is 2. The molecule has 1 fully saturated rings. The van der Waals surface area contributed by atoms with Crippen LogP contribution >= 0.6 is 11.6 Å². The molecule has 0 radical (unpaired) electrons. The van der Waals surface area contributed by atoms with Gasteiger partial charge in [0, 0.05) is 5.69 Å². The molecule has 8 heteroatoms. The van der Waals surface area contributed by atoms with Gasteiger partial charge in [0.05, 0.1) is 27.9 Å². The van der Waals surface area contributed by atoms with E-state index in [-0.39, 0.29) is 22.0 Å². The lowest BCUT2D eigenvalue weighted by atomic mass is 10.1. The SMILES string of the molecule is Cc1ccc(C)c(NC(=O)c2ccc(N3C(=O)C(C)CS3(=O)=O)cc2Cl)c1. The summed E-state index contributed by atoms with van der Waals surface area (Å²) in [6.45, 7) is 5.36. The third-order valence-corrected chi connectivity index (χ3v) is 6.61. The largest absolute Gasteiger partial charge is 0.322 e. The normalized spacial score (nSPS) is 18.6. The number of nitrogens with zero attached hydrogens (tertiary/aromatic N) is 1. The van der Waals surface area contributed by atoms with E-state index in [1.54, 1.807) is 6.92 Å². The van der Waals surface area contributed by atoms with Crippen molar-refractivity contribution in [2.24, 2.45) is 5.92 Å². The van der Waals surface area contributed by atoms with Crippen molar-refractivity contribution in [1.29, 1.82) is 0 Å². The van der Waals surface area contributed by atoms with Crippen LogP contribution in [0.2, 0.25) is 5.02 Å². The summed E-state index contributed by atoms with van der Waals surface area (Å²) in [6.07, 6.45) is 0. The quantitative estimate of drug-likeness (QED) is 0.845. The first-order valence-corrected chi connectivity index (χ1v) is 10.3. The molecule has 2 amide bonds. The lowest BCUT2D eigenvalue weighted by Crippen LogP contribution is -2.30. The Morgan fingerprint density at radius 3 is 2.48 bits per heavy atom. The minimum Gasteiger partial charge on any atom is -0.322 e. The van der Waals surface area contributed by atoms with Crippen molar-refractivity contribution in [1.82, 2.24) is 0 Å². The highest BCUT2D eigenvalue weighted by atomic mass is 35.5. The van der Waals surface area contributed by atoms with Crippen molar-refractivity contribution in [2.75, 3.05) is 15.4 Å². The summed E-state index contributed by atoms with van der Waals surface area (Å²) in [5.41, 5.74) is 2.91. The number of carbonyl (C=O) groups is 2. The molecule has 2 aromatic rings. The van der Waals surface area contributed by atoms with Crippen LogP contribution in [0.4, 0.5) is 11.4 Å². The standard InChI is InChI=1S/C19H19ClN2O4S/c1-11-4-5-12(2)17(8-11)21-18(23)15-7-6-14(9-16(15)20)22-19(24)13(3)10-27(22,25)26/h4-9,13H,10H2,1-3H3,(H,21,23). The van der Waals surface area contributed by atoms with Gasteiger partial charge in [0.2, 0.25) is 15.9 Å². The molecule has 27 heavy (non-hydrogen) atoms.